The Bertz CT molecular complexity index is 970. The van der Waals surface area contributed by atoms with Gasteiger partial charge in [0, 0.05) is 35.8 Å². The number of alkyl halides is 3. The monoisotopic (exact) mass is 567 g/mol. The summed E-state index contributed by atoms with van der Waals surface area (Å²) in [6.07, 6.45) is -4.01. The number of halogens is 4. The van der Waals surface area contributed by atoms with Gasteiger partial charge in [-0.3, -0.25) is 4.99 Å². The van der Waals surface area contributed by atoms with E-state index in [0.717, 1.165) is 37.9 Å². The fourth-order valence-electron chi connectivity index (χ4n) is 2.52. The maximum Gasteiger partial charge on any atom is 0.434 e. The van der Waals surface area contributed by atoms with Gasteiger partial charge >= 0.3 is 6.18 Å². The third-order valence-electron chi connectivity index (χ3n) is 4.03. The van der Waals surface area contributed by atoms with Gasteiger partial charge in [0.1, 0.15) is 5.01 Å². The third kappa shape index (κ3) is 6.64. The van der Waals surface area contributed by atoms with E-state index in [1.54, 1.807) is 18.4 Å². The maximum absolute atomic E-state index is 12.6. The molecule has 0 fully saturated rings. The largest absolute Gasteiger partial charge is 0.434 e. The van der Waals surface area contributed by atoms with E-state index < -0.39 is 11.9 Å². The van der Waals surface area contributed by atoms with Crippen molar-refractivity contribution in [2.24, 2.45) is 4.99 Å². The molecule has 0 unspecified atom stereocenters. The van der Waals surface area contributed by atoms with Crippen LogP contribution in [0.25, 0.3) is 10.6 Å². The van der Waals surface area contributed by atoms with Crippen LogP contribution in [0.5, 0.6) is 0 Å². The minimum Gasteiger partial charge on any atom is -0.356 e. The van der Waals surface area contributed by atoms with Gasteiger partial charge in [0.05, 0.1) is 17.2 Å². The lowest BCUT2D eigenvalue weighted by molar-refractivity contribution is -0.140. The Morgan fingerprint density at radius 2 is 1.87 bits per heavy atom. The molecule has 0 aliphatic heterocycles. The van der Waals surface area contributed by atoms with Crippen LogP contribution in [0.2, 0.25) is 0 Å². The molecule has 2 N–H and O–H groups in total. The smallest absolute Gasteiger partial charge is 0.356 e. The van der Waals surface area contributed by atoms with Crippen LogP contribution in [0, 0.1) is 6.92 Å². The van der Waals surface area contributed by atoms with Crippen molar-refractivity contribution in [1.82, 2.24) is 20.6 Å². The number of aryl methyl sites for hydroxylation is 1. The molecule has 0 spiro atoms. The van der Waals surface area contributed by atoms with E-state index in [9.17, 15) is 13.2 Å². The summed E-state index contributed by atoms with van der Waals surface area (Å²) < 4.78 is 37.8. The molecule has 0 aliphatic carbocycles. The van der Waals surface area contributed by atoms with Gasteiger partial charge < -0.3 is 10.6 Å². The molecule has 2 heterocycles. The summed E-state index contributed by atoms with van der Waals surface area (Å²) in [4.78, 5) is 13.5. The summed E-state index contributed by atoms with van der Waals surface area (Å²) in [6, 6.07) is 9.99. The Labute approximate surface area is 197 Å². The second kappa shape index (κ2) is 11.0. The summed E-state index contributed by atoms with van der Waals surface area (Å²) in [5.74, 6) is 0.576. The Morgan fingerprint density at radius 3 is 2.50 bits per heavy atom. The van der Waals surface area contributed by atoms with Crippen LogP contribution >= 0.6 is 46.7 Å². The van der Waals surface area contributed by atoms with Gasteiger partial charge in [-0.2, -0.15) is 13.2 Å². The molecule has 0 saturated heterocycles. The van der Waals surface area contributed by atoms with E-state index in [-0.39, 0.29) is 24.0 Å². The summed E-state index contributed by atoms with van der Waals surface area (Å²) in [5.41, 5.74) is 1.20. The van der Waals surface area contributed by atoms with Crippen molar-refractivity contribution < 1.29 is 13.2 Å². The number of aliphatic imine (C=N–C) groups is 1. The SMILES string of the molecule is CN=C(NCCc1nc(C(F)(F)F)cs1)NCc1sc(-c2ccccc2)nc1C.I. The lowest BCUT2D eigenvalue weighted by Crippen LogP contribution is -2.37. The molecule has 1 aromatic carbocycles. The van der Waals surface area contributed by atoms with E-state index in [1.807, 2.05) is 37.3 Å². The first-order valence-electron chi connectivity index (χ1n) is 8.84. The molecule has 5 nitrogen and oxygen atoms in total. The molecule has 0 aliphatic rings. The summed E-state index contributed by atoms with van der Waals surface area (Å²) >= 11 is 2.63. The number of rotatable bonds is 6. The van der Waals surface area contributed by atoms with E-state index in [4.69, 9.17) is 0 Å². The highest BCUT2D eigenvalue weighted by Crippen LogP contribution is 2.30. The molecule has 162 valence electrons. The number of hydrogen-bond acceptors (Lipinski definition) is 5. The number of guanidine groups is 1. The molecular weight excluding hydrogens is 546 g/mol. The predicted molar refractivity (Wildman–Crippen MR) is 127 cm³/mol. The zero-order valence-electron chi connectivity index (χ0n) is 16.3. The Balaban J connectivity index is 0.00000320. The zero-order chi connectivity index (χ0) is 20.9. The first kappa shape index (κ1) is 24.5. The topological polar surface area (TPSA) is 62.2 Å². The lowest BCUT2D eigenvalue weighted by Gasteiger charge is -2.10. The fraction of sp³-hybridized carbons (Fsp3) is 0.316. The highest BCUT2D eigenvalue weighted by Gasteiger charge is 2.33. The molecule has 0 amide bonds. The lowest BCUT2D eigenvalue weighted by atomic mass is 10.2. The molecular formula is C19H21F3IN5S2. The molecule has 0 bridgehead atoms. The molecule has 0 saturated carbocycles. The molecule has 3 rings (SSSR count). The average molecular weight is 567 g/mol. The van der Waals surface area contributed by atoms with Gasteiger partial charge in [-0.1, -0.05) is 30.3 Å². The molecule has 0 atom stereocenters. The van der Waals surface area contributed by atoms with Crippen molar-refractivity contribution >= 4 is 52.6 Å². The highest BCUT2D eigenvalue weighted by molar-refractivity contribution is 14.0. The molecule has 3 aromatic rings. The number of aromatic nitrogens is 2. The molecule has 11 heteroatoms. The maximum atomic E-state index is 12.6. The van der Waals surface area contributed by atoms with Gasteiger partial charge in [0.2, 0.25) is 0 Å². The van der Waals surface area contributed by atoms with Gasteiger partial charge in [-0.05, 0) is 6.92 Å². The van der Waals surface area contributed by atoms with Crippen molar-refractivity contribution in [3.8, 4) is 10.6 Å². The van der Waals surface area contributed by atoms with Crippen LogP contribution in [0.15, 0.2) is 40.7 Å². The fourth-order valence-corrected chi connectivity index (χ4v) is 4.34. The van der Waals surface area contributed by atoms with Gasteiger partial charge in [0.15, 0.2) is 11.7 Å². The molecule has 30 heavy (non-hydrogen) atoms. The van der Waals surface area contributed by atoms with Crippen molar-refractivity contribution in [1.29, 1.82) is 0 Å². The van der Waals surface area contributed by atoms with Gasteiger partial charge in [0.25, 0.3) is 0 Å². The van der Waals surface area contributed by atoms with E-state index in [2.05, 4.69) is 25.6 Å². The Hall–Kier alpha value is -1.73. The zero-order valence-corrected chi connectivity index (χ0v) is 20.2. The first-order valence-corrected chi connectivity index (χ1v) is 10.5. The quantitative estimate of drug-likeness (QED) is 0.247. The van der Waals surface area contributed by atoms with Crippen LogP contribution < -0.4 is 10.6 Å². The average Bonchev–Trinajstić information content (AvgIpc) is 3.32. The number of nitrogens with one attached hydrogen (secondary N) is 2. The van der Waals surface area contributed by atoms with Gasteiger partial charge in [-0.15, -0.1) is 46.7 Å². The summed E-state index contributed by atoms with van der Waals surface area (Å²) in [5, 5.41) is 8.76. The highest BCUT2D eigenvalue weighted by atomic mass is 127. The molecule has 2 aromatic heterocycles. The minimum atomic E-state index is -4.40. The van der Waals surface area contributed by atoms with Crippen LogP contribution in [0.3, 0.4) is 0 Å². The number of thiazole rings is 2. The Kier molecular flexibility index (Phi) is 9.04. The number of nitrogens with zero attached hydrogens (tertiary/aromatic N) is 3. The van der Waals surface area contributed by atoms with Crippen LogP contribution in [-0.2, 0) is 19.1 Å². The standard InChI is InChI=1S/C19H20F3N5S2.HI/c1-12-14(29-17(26-12)13-6-4-3-5-7-13)10-25-18(23-2)24-9-8-16-27-15(11-28-16)19(20,21)22;/h3-7,11H,8-10H2,1-2H3,(H2,23,24,25);1H. The summed E-state index contributed by atoms with van der Waals surface area (Å²) in [6.45, 7) is 2.96. The van der Waals surface area contributed by atoms with Crippen LogP contribution in [0.1, 0.15) is 21.3 Å². The van der Waals surface area contributed by atoms with Crippen molar-refractivity contribution in [2.45, 2.75) is 26.1 Å². The van der Waals surface area contributed by atoms with E-state index in [1.165, 1.54) is 0 Å². The van der Waals surface area contributed by atoms with E-state index in [0.29, 0.717) is 30.5 Å². The van der Waals surface area contributed by atoms with Crippen molar-refractivity contribution in [3.63, 3.8) is 0 Å². The number of benzene rings is 1. The number of hydrogen-bond donors (Lipinski definition) is 2. The first-order chi connectivity index (χ1) is 13.9. The van der Waals surface area contributed by atoms with Crippen LogP contribution in [-0.4, -0.2) is 29.5 Å². The Morgan fingerprint density at radius 1 is 1.13 bits per heavy atom. The third-order valence-corrected chi connectivity index (χ3v) is 6.14. The summed E-state index contributed by atoms with van der Waals surface area (Å²) in [7, 11) is 1.65. The minimum absolute atomic E-state index is 0. The van der Waals surface area contributed by atoms with Crippen LogP contribution in [0.4, 0.5) is 13.2 Å². The normalized spacial score (nSPS) is 11.8. The predicted octanol–water partition coefficient (Wildman–Crippen LogP) is 5.12. The van der Waals surface area contributed by atoms with E-state index >= 15 is 0 Å². The van der Waals surface area contributed by atoms with Crippen molar-refractivity contribution in [3.05, 3.63) is 57.0 Å². The second-order valence-electron chi connectivity index (χ2n) is 6.12. The van der Waals surface area contributed by atoms with Crippen molar-refractivity contribution in [2.75, 3.05) is 13.6 Å². The van der Waals surface area contributed by atoms with Gasteiger partial charge in [-0.25, -0.2) is 9.97 Å². The molecule has 0 radical (unpaired) electrons. The second-order valence-corrected chi connectivity index (χ2v) is 8.15.